The van der Waals surface area contributed by atoms with Gasteiger partial charge in [-0.2, -0.15) is 0 Å². The average Bonchev–Trinajstić information content (AvgIpc) is 2.63. The van der Waals surface area contributed by atoms with Crippen LogP contribution in [-0.4, -0.2) is 172 Å². The van der Waals surface area contributed by atoms with Gasteiger partial charge in [-0.15, -0.1) is 0 Å². The molecule has 0 aromatic carbocycles. The van der Waals surface area contributed by atoms with E-state index in [0.29, 0.717) is 0 Å². The molecule has 24 nitrogen and oxygen atoms in total. The summed E-state index contributed by atoms with van der Waals surface area (Å²) in [5.41, 5.74) is 0. The van der Waals surface area contributed by atoms with Crippen LogP contribution >= 0.6 is 0 Å². The Morgan fingerprint density at radius 2 is 0.590 bits per heavy atom. The predicted octanol–water partition coefficient (Wildman–Crippen LogP) is -17.5. The van der Waals surface area contributed by atoms with Crippen LogP contribution in [0.25, 0.3) is 0 Å². The Kier molecular flexibility index (Phi) is 28.9. The molecule has 4 aliphatic rings. The first-order valence-corrected chi connectivity index (χ1v) is 23.2. The van der Waals surface area contributed by atoms with Crippen molar-refractivity contribution in [2.45, 2.75) is 0 Å². The fourth-order valence-corrected chi connectivity index (χ4v) is 15.5. The molecule has 0 aliphatic carbocycles. The molecule has 0 unspecified atom stereocenters. The van der Waals surface area contributed by atoms with E-state index in [-0.39, 0.29) is 96.9 Å². The van der Waals surface area contributed by atoms with E-state index in [9.17, 15) is 26.8 Å². The van der Waals surface area contributed by atoms with Gasteiger partial charge in [0.1, 0.15) is 0 Å². The van der Waals surface area contributed by atoms with Crippen molar-refractivity contribution in [1.82, 2.24) is 0 Å². The summed E-state index contributed by atoms with van der Waals surface area (Å²) in [5, 5.41) is 0. The molecule has 39 heteroatoms. The van der Waals surface area contributed by atoms with Crippen molar-refractivity contribution < 1.29 is 156 Å². The third kappa shape index (κ3) is 23.4. The minimum absolute atomic E-state index is 0. The fraction of sp³-hybridized carbons (Fsp3) is 0. The van der Waals surface area contributed by atoms with Gasteiger partial charge < -0.3 is 69.8 Å². The third-order valence-electron chi connectivity index (χ3n) is 2.31. The van der Waals surface area contributed by atoms with Gasteiger partial charge >= 0.3 is 212 Å². The molecule has 0 amide bonds. The van der Waals surface area contributed by atoms with E-state index >= 15 is 0 Å². The van der Waals surface area contributed by atoms with Gasteiger partial charge in [-0.3, -0.25) is 26.8 Å². The van der Waals surface area contributed by atoms with Gasteiger partial charge in [0, 0.05) is 18.3 Å². The molecular formula is Al4CaNa2O24Si8. The minimum atomic E-state index is -3.63. The zero-order chi connectivity index (χ0) is 27.4. The Labute approximate surface area is 322 Å². The molecule has 0 bridgehead atoms. The summed E-state index contributed by atoms with van der Waals surface area (Å²) in [6.07, 6.45) is 0. The van der Waals surface area contributed by atoms with Gasteiger partial charge in [0.05, 0.1) is 0 Å². The normalized spacial score (nSPS) is 13.9. The molecule has 0 N–H and O–H groups in total. The molecule has 4 heterocycles. The maximum atomic E-state index is 11.0. The second-order valence-electron chi connectivity index (χ2n) is 4.57. The average molecular weight is 803 g/mol. The zero-order valence-electron chi connectivity index (χ0n) is 18.8. The smallest absolute Gasteiger partial charge is 0.672 e. The van der Waals surface area contributed by atoms with Crippen molar-refractivity contribution in [2.24, 2.45) is 0 Å². The minimum Gasteiger partial charge on any atom is -0.672 e. The van der Waals surface area contributed by atoms with Crippen LogP contribution in [0.1, 0.15) is 0 Å². The molecule has 0 saturated carbocycles. The van der Waals surface area contributed by atoms with Crippen LogP contribution in [0, 0.1) is 0 Å². The van der Waals surface area contributed by atoms with Crippen LogP contribution in [-0.2, 0) is 77.4 Å². The molecule has 0 aromatic heterocycles. The first-order chi connectivity index (χ1) is 16.7. The Bertz CT molecular complexity index is 751. The molecule has 0 spiro atoms. The summed E-state index contributed by atoms with van der Waals surface area (Å²) in [7, 11) is -22.5. The molecule has 0 aromatic rings. The van der Waals surface area contributed by atoms with Crippen LogP contribution in [0.5, 0.6) is 0 Å². The first kappa shape index (κ1) is 45.8. The van der Waals surface area contributed by atoms with E-state index < -0.39 is 134 Å². The van der Waals surface area contributed by atoms with Crippen molar-refractivity contribution >= 4 is 172 Å². The zero-order valence-corrected chi connectivity index (χ0v) is 37.6. The summed E-state index contributed by atoms with van der Waals surface area (Å²) in [6.45, 7) is 0. The van der Waals surface area contributed by atoms with E-state index in [1.54, 1.807) is 0 Å². The Hall–Kier alpha value is 2.32. The topological polar surface area (TPSA) is 340 Å². The standard InChI is InChI=1S/4Al.Ca.2Na.8O3Si/c;;;;;;;8*1-4(2)3/q4*+3;+2;2*+1;8*-2. The molecule has 39 heavy (non-hydrogen) atoms. The van der Waals surface area contributed by atoms with Crippen LogP contribution in [0.2, 0.25) is 0 Å². The van der Waals surface area contributed by atoms with Crippen LogP contribution in [0.3, 0.4) is 0 Å². The quantitative estimate of drug-likeness (QED) is 0.206. The third-order valence-corrected chi connectivity index (χ3v) is 20.8. The van der Waals surface area contributed by atoms with E-state index in [4.69, 9.17) is 28.1 Å². The molecule has 0 radical (unpaired) electrons. The summed E-state index contributed by atoms with van der Waals surface area (Å²) >= 11 is -9.98. The SMILES string of the molecule is O=[Si]([O-])[O-].O=[Si]([O-])[O-].O=[Si]1[O][Al]([O][Si](=O)[O][Al]2[O][Si](=O)[O]2)[O]1.O=[Si]1[O][Al]([O][Si](=O)[O][Al]2[O][Si](=O)[O]2)[O]1.[Ca+2].[Na+].[Na+]. The monoisotopic (exact) mass is 802 g/mol. The molecule has 4 rings (SSSR count). The van der Waals surface area contributed by atoms with Crippen molar-refractivity contribution in [2.75, 3.05) is 0 Å². The molecule has 4 saturated heterocycles. The summed E-state index contributed by atoms with van der Waals surface area (Å²) in [5.74, 6) is 0. The predicted molar refractivity (Wildman–Crippen MR) is 93.3 cm³/mol. The Morgan fingerprint density at radius 3 is 0.692 bits per heavy atom. The van der Waals surface area contributed by atoms with Crippen LogP contribution in [0.15, 0.2) is 0 Å². The van der Waals surface area contributed by atoms with Gasteiger partial charge in [0.15, 0.2) is 0 Å². The Morgan fingerprint density at radius 1 is 0.462 bits per heavy atom. The second-order valence-corrected chi connectivity index (χ2v) is 22.2. The van der Waals surface area contributed by atoms with Gasteiger partial charge in [-0.05, 0) is 0 Å². The summed E-state index contributed by atoms with van der Waals surface area (Å²) < 4.78 is 135. The van der Waals surface area contributed by atoms with Crippen molar-refractivity contribution in [3.8, 4) is 0 Å². The summed E-state index contributed by atoms with van der Waals surface area (Å²) in [6, 6.07) is 0. The number of hydrogen-bond acceptors (Lipinski definition) is 24. The van der Waals surface area contributed by atoms with Crippen LogP contribution in [0.4, 0.5) is 0 Å². The van der Waals surface area contributed by atoms with Crippen molar-refractivity contribution in [1.29, 1.82) is 0 Å². The fourth-order valence-electron chi connectivity index (χ4n) is 1.23. The van der Waals surface area contributed by atoms with E-state index in [1.165, 1.54) is 0 Å². The van der Waals surface area contributed by atoms with E-state index in [2.05, 4.69) is 41.7 Å². The van der Waals surface area contributed by atoms with Crippen LogP contribution < -0.4 is 78.3 Å². The molecular weight excluding hydrogens is 803 g/mol. The Balaban J connectivity index is -0.000000494. The van der Waals surface area contributed by atoms with Gasteiger partial charge in [-0.1, -0.05) is 0 Å². The van der Waals surface area contributed by atoms with Gasteiger partial charge in [0.25, 0.3) is 0 Å². The second kappa shape index (κ2) is 24.6. The van der Waals surface area contributed by atoms with Gasteiger partial charge in [-0.25, -0.2) is 0 Å². The number of hydrogen-bond donors (Lipinski definition) is 0. The summed E-state index contributed by atoms with van der Waals surface area (Å²) in [4.78, 5) is 34.1. The number of rotatable bonds is 8. The molecule has 0 atom stereocenters. The van der Waals surface area contributed by atoms with Crippen molar-refractivity contribution in [3.63, 3.8) is 0 Å². The largest absolute Gasteiger partial charge is 2.00 e. The van der Waals surface area contributed by atoms with E-state index in [1.807, 2.05) is 0 Å². The van der Waals surface area contributed by atoms with E-state index in [0.717, 1.165) is 0 Å². The molecule has 4 aliphatic heterocycles. The first-order valence-electron chi connectivity index (χ1n) is 7.73. The molecule has 192 valence electrons. The van der Waals surface area contributed by atoms with Crippen molar-refractivity contribution in [3.05, 3.63) is 0 Å². The molecule has 4 fully saturated rings. The van der Waals surface area contributed by atoms with Gasteiger partial charge in [0.2, 0.25) is 0 Å². The maximum Gasteiger partial charge on any atom is 2.00 e. The maximum absolute atomic E-state index is 11.0.